The minimum atomic E-state index is -0.415. The molecule has 0 saturated carbocycles. The van der Waals surface area contributed by atoms with Gasteiger partial charge in [-0.05, 0) is 46.6 Å². The zero-order valence-corrected chi connectivity index (χ0v) is 11.8. The van der Waals surface area contributed by atoms with Crippen molar-refractivity contribution in [3.8, 4) is 0 Å². The van der Waals surface area contributed by atoms with Crippen LogP contribution in [0.3, 0.4) is 0 Å². The van der Waals surface area contributed by atoms with Crippen molar-refractivity contribution in [3.63, 3.8) is 0 Å². The predicted octanol–water partition coefficient (Wildman–Crippen LogP) is 4.27. The van der Waals surface area contributed by atoms with E-state index in [9.17, 15) is 4.39 Å². The highest BCUT2D eigenvalue weighted by Gasteiger charge is 2.10. The number of aryl methyl sites for hydroxylation is 1. The first-order valence-corrected chi connectivity index (χ1v) is 6.28. The summed E-state index contributed by atoms with van der Waals surface area (Å²) in [7, 11) is 0. The summed E-state index contributed by atoms with van der Waals surface area (Å²) in [5.41, 5.74) is 7.83. The number of benzene rings is 1. The summed E-state index contributed by atoms with van der Waals surface area (Å²) in [4.78, 5) is 4.17. The Labute approximate surface area is 117 Å². The summed E-state index contributed by atoms with van der Waals surface area (Å²) < 4.78 is 13.6. The Morgan fingerprint density at radius 2 is 2.11 bits per heavy atom. The van der Waals surface area contributed by atoms with Crippen LogP contribution in [-0.2, 0) is 0 Å². The van der Waals surface area contributed by atoms with Crippen molar-refractivity contribution in [1.29, 1.82) is 0 Å². The number of nitrogens with zero attached hydrogens (tertiary/aromatic N) is 1. The summed E-state index contributed by atoms with van der Waals surface area (Å²) in [6, 6.07) is 4.33. The number of aromatic nitrogens is 1. The molecule has 1 heterocycles. The lowest BCUT2D eigenvalue weighted by atomic mass is 10.2. The van der Waals surface area contributed by atoms with Crippen molar-refractivity contribution in [2.75, 3.05) is 11.1 Å². The number of halogens is 3. The minimum Gasteiger partial charge on any atom is -0.396 e. The van der Waals surface area contributed by atoms with Crippen molar-refractivity contribution in [1.82, 2.24) is 4.98 Å². The Morgan fingerprint density at radius 1 is 1.39 bits per heavy atom. The first kappa shape index (κ1) is 13.1. The number of hydrogen-bond donors (Lipinski definition) is 2. The van der Waals surface area contributed by atoms with Crippen LogP contribution < -0.4 is 11.1 Å². The predicted molar refractivity (Wildman–Crippen MR) is 75.8 cm³/mol. The quantitative estimate of drug-likeness (QED) is 0.864. The molecule has 0 aliphatic rings. The fourth-order valence-corrected chi connectivity index (χ4v) is 2.38. The van der Waals surface area contributed by atoms with Gasteiger partial charge in [-0.3, -0.25) is 0 Å². The Hall–Kier alpha value is -1.33. The van der Waals surface area contributed by atoms with E-state index in [0.717, 1.165) is 5.56 Å². The van der Waals surface area contributed by atoms with Gasteiger partial charge in [-0.15, -0.1) is 0 Å². The van der Waals surface area contributed by atoms with E-state index in [1.165, 1.54) is 12.1 Å². The molecule has 94 valence electrons. The van der Waals surface area contributed by atoms with E-state index in [4.69, 9.17) is 17.3 Å². The van der Waals surface area contributed by atoms with Gasteiger partial charge in [-0.2, -0.15) is 0 Å². The lowest BCUT2D eigenvalue weighted by molar-refractivity contribution is 0.627. The Balaban J connectivity index is 2.40. The third kappa shape index (κ3) is 2.73. The molecular formula is C12H10BrClFN3. The van der Waals surface area contributed by atoms with E-state index >= 15 is 0 Å². The van der Waals surface area contributed by atoms with Gasteiger partial charge in [0.2, 0.25) is 0 Å². The molecule has 0 bridgehead atoms. The third-order valence-corrected chi connectivity index (χ3v) is 3.23. The first-order chi connectivity index (χ1) is 8.47. The normalized spacial score (nSPS) is 10.4. The molecule has 0 saturated heterocycles. The van der Waals surface area contributed by atoms with Crippen molar-refractivity contribution < 1.29 is 4.39 Å². The fraction of sp³-hybridized carbons (Fsp3) is 0.0833. The topological polar surface area (TPSA) is 50.9 Å². The highest BCUT2D eigenvalue weighted by molar-refractivity contribution is 9.10. The molecule has 2 aromatic rings. The molecule has 2 rings (SSSR count). The van der Waals surface area contributed by atoms with Gasteiger partial charge >= 0.3 is 0 Å². The van der Waals surface area contributed by atoms with Crippen LogP contribution in [0.15, 0.2) is 28.9 Å². The van der Waals surface area contributed by atoms with Gasteiger partial charge in [0.05, 0.1) is 16.4 Å². The molecule has 18 heavy (non-hydrogen) atoms. The Kier molecular flexibility index (Phi) is 3.73. The Bertz CT molecular complexity index is 581. The number of rotatable bonds is 2. The van der Waals surface area contributed by atoms with Crippen LogP contribution in [-0.4, -0.2) is 4.98 Å². The van der Waals surface area contributed by atoms with Gasteiger partial charge < -0.3 is 11.1 Å². The lowest BCUT2D eigenvalue weighted by Crippen LogP contribution is -2.01. The number of anilines is 3. The number of nitrogens with one attached hydrogen (secondary N) is 1. The maximum absolute atomic E-state index is 13.1. The lowest BCUT2D eigenvalue weighted by Gasteiger charge is -2.12. The Morgan fingerprint density at radius 3 is 2.72 bits per heavy atom. The molecule has 0 fully saturated rings. The van der Waals surface area contributed by atoms with Gasteiger partial charge in [0.25, 0.3) is 0 Å². The van der Waals surface area contributed by atoms with Gasteiger partial charge in [-0.1, -0.05) is 11.6 Å². The second kappa shape index (κ2) is 5.12. The van der Waals surface area contributed by atoms with Crippen molar-refractivity contribution in [2.45, 2.75) is 6.92 Å². The summed E-state index contributed by atoms with van der Waals surface area (Å²) in [6.07, 6.45) is 1.68. The monoisotopic (exact) mass is 329 g/mol. The second-order valence-electron chi connectivity index (χ2n) is 3.82. The molecule has 3 N–H and O–H groups in total. The molecule has 0 aliphatic carbocycles. The molecule has 6 heteroatoms. The van der Waals surface area contributed by atoms with Gasteiger partial charge in [0.15, 0.2) is 5.82 Å². The second-order valence-corrected chi connectivity index (χ2v) is 5.08. The molecule has 0 amide bonds. The summed E-state index contributed by atoms with van der Waals surface area (Å²) >= 11 is 9.21. The molecule has 3 nitrogen and oxygen atoms in total. The number of pyridine rings is 1. The summed E-state index contributed by atoms with van der Waals surface area (Å²) in [5.74, 6) is 0.0667. The molecule has 0 unspecified atom stereocenters. The van der Waals surface area contributed by atoms with Crippen molar-refractivity contribution in [2.24, 2.45) is 0 Å². The van der Waals surface area contributed by atoms with Crippen LogP contribution in [0.2, 0.25) is 5.02 Å². The van der Waals surface area contributed by atoms with Gasteiger partial charge in [0.1, 0.15) is 5.82 Å². The smallest absolute Gasteiger partial charge is 0.153 e. The highest BCUT2D eigenvalue weighted by atomic mass is 79.9. The highest BCUT2D eigenvalue weighted by Crippen LogP contribution is 2.34. The van der Waals surface area contributed by atoms with E-state index in [0.29, 0.717) is 21.7 Å². The molecular weight excluding hydrogens is 321 g/mol. The minimum absolute atomic E-state index is 0.253. The van der Waals surface area contributed by atoms with Crippen LogP contribution in [0.1, 0.15) is 5.56 Å². The van der Waals surface area contributed by atoms with Crippen LogP contribution in [0.4, 0.5) is 21.6 Å². The van der Waals surface area contributed by atoms with E-state index in [2.05, 4.69) is 26.2 Å². The molecule has 0 atom stereocenters. The summed E-state index contributed by atoms with van der Waals surface area (Å²) in [6.45, 7) is 1.90. The number of hydrogen-bond acceptors (Lipinski definition) is 3. The molecule has 1 aromatic carbocycles. The van der Waals surface area contributed by atoms with Crippen LogP contribution in [0.5, 0.6) is 0 Å². The fourth-order valence-electron chi connectivity index (χ4n) is 1.48. The zero-order valence-electron chi connectivity index (χ0n) is 9.47. The van der Waals surface area contributed by atoms with Gasteiger partial charge in [-0.25, -0.2) is 9.37 Å². The number of nitrogen functional groups attached to an aromatic ring is 1. The van der Waals surface area contributed by atoms with Crippen molar-refractivity contribution in [3.05, 3.63) is 45.3 Å². The van der Waals surface area contributed by atoms with E-state index in [1.54, 1.807) is 12.3 Å². The zero-order chi connectivity index (χ0) is 13.3. The average Bonchev–Trinajstić information content (AvgIpc) is 2.25. The molecule has 0 spiro atoms. The summed E-state index contributed by atoms with van der Waals surface area (Å²) in [5, 5.41) is 3.23. The maximum atomic E-state index is 13.1. The third-order valence-electron chi connectivity index (χ3n) is 2.30. The van der Waals surface area contributed by atoms with Crippen molar-refractivity contribution >= 4 is 44.7 Å². The van der Waals surface area contributed by atoms with Crippen LogP contribution in [0.25, 0.3) is 0 Å². The largest absolute Gasteiger partial charge is 0.396 e. The molecule has 0 aliphatic heterocycles. The first-order valence-electron chi connectivity index (χ1n) is 5.11. The number of nitrogens with two attached hydrogens (primary N) is 1. The van der Waals surface area contributed by atoms with Crippen LogP contribution >= 0.6 is 27.5 Å². The van der Waals surface area contributed by atoms with E-state index in [1.807, 2.05) is 6.92 Å². The molecule has 1 aromatic heterocycles. The van der Waals surface area contributed by atoms with Crippen LogP contribution in [0, 0.1) is 12.7 Å². The van der Waals surface area contributed by atoms with E-state index < -0.39 is 5.82 Å². The average molecular weight is 331 g/mol. The molecule has 0 radical (unpaired) electrons. The SMILES string of the molecule is Cc1cnc(Nc2c(Cl)cc(F)cc2Br)c(N)c1. The maximum Gasteiger partial charge on any atom is 0.153 e. The standard InChI is InChI=1S/C12H10BrClFN3/c1-6-2-10(16)12(17-5-6)18-11-8(13)3-7(15)4-9(11)14/h2-5H,16H2,1H3,(H,17,18). The van der Waals surface area contributed by atoms with E-state index in [-0.39, 0.29) is 5.02 Å². The van der Waals surface area contributed by atoms with Gasteiger partial charge in [0, 0.05) is 10.7 Å².